The number of halogens is 1. The monoisotopic (exact) mass is 328 g/mol. The van der Waals surface area contributed by atoms with Crippen molar-refractivity contribution in [3.8, 4) is 0 Å². The molecule has 0 fully saturated rings. The largest absolute Gasteiger partial charge is 0.457 e. The van der Waals surface area contributed by atoms with Gasteiger partial charge in [0.1, 0.15) is 0 Å². The molecule has 1 atom stereocenters. The zero-order valence-electron chi connectivity index (χ0n) is 10.9. The molecule has 0 bridgehead atoms. The van der Waals surface area contributed by atoms with E-state index in [0.717, 1.165) is 4.47 Å². The van der Waals surface area contributed by atoms with Gasteiger partial charge in [-0.1, -0.05) is 41.9 Å². The predicted octanol–water partition coefficient (Wildman–Crippen LogP) is 2.58. The first-order chi connectivity index (χ1) is 8.90. The maximum atomic E-state index is 11.7. The van der Waals surface area contributed by atoms with Crippen LogP contribution in [0.3, 0.4) is 0 Å². The molecule has 0 heterocycles. The highest BCUT2D eigenvalue weighted by Gasteiger charge is 2.16. The van der Waals surface area contributed by atoms with E-state index >= 15 is 0 Å². The fourth-order valence-electron chi connectivity index (χ4n) is 1.33. The molecule has 0 spiro atoms. The van der Waals surface area contributed by atoms with Gasteiger partial charge in [0.05, 0.1) is 12.5 Å². The smallest absolute Gasteiger partial charge is 0.308 e. The third kappa shape index (κ3) is 5.53. The van der Waals surface area contributed by atoms with Crippen molar-refractivity contribution in [1.82, 2.24) is 0 Å². The number of carbonyl (C=O) groups excluding carboxylic acids is 2. The van der Waals surface area contributed by atoms with E-state index in [1.165, 1.54) is 0 Å². The van der Waals surface area contributed by atoms with Crippen LogP contribution in [0.2, 0.25) is 0 Å². The van der Waals surface area contributed by atoms with Crippen molar-refractivity contribution < 1.29 is 19.4 Å². The van der Waals surface area contributed by atoms with Crippen molar-refractivity contribution in [1.29, 1.82) is 0 Å². The summed E-state index contributed by atoms with van der Waals surface area (Å²) in [6.45, 7) is 3.32. The van der Waals surface area contributed by atoms with Gasteiger partial charge in [0.25, 0.3) is 0 Å². The number of esters is 1. The van der Waals surface area contributed by atoms with Crippen LogP contribution in [-0.4, -0.2) is 29.6 Å². The molecule has 0 aliphatic heterocycles. The molecule has 0 saturated heterocycles. The number of ketones is 1. The molecule has 0 radical (unpaired) electrons. The van der Waals surface area contributed by atoms with Crippen molar-refractivity contribution in [3.63, 3.8) is 0 Å². The van der Waals surface area contributed by atoms with E-state index in [4.69, 9.17) is 4.74 Å². The first-order valence-corrected chi connectivity index (χ1v) is 6.82. The fraction of sp³-hybridized carbons (Fsp3) is 0.429. The van der Waals surface area contributed by atoms with Gasteiger partial charge in [-0.25, -0.2) is 0 Å². The number of rotatable bonds is 6. The van der Waals surface area contributed by atoms with Crippen molar-refractivity contribution >= 4 is 27.7 Å². The molecule has 0 aliphatic carbocycles. The maximum absolute atomic E-state index is 11.7. The molecule has 104 valence electrons. The van der Waals surface area contributed by atoms with Gasteiger partial charge in [-0.2, -0.15) is 0 Å². The van der Waals surface area contributed by atoms with Crippen LogP contribution in [0.1, 0.15) is 30.6 Å². The molecular weight excluding hydrogens is 312 g/mol. The second-order valence-electron chi connectivity index (χ2n) is 4.61. The Hall–Kier alpha value is -1.20. The number of carbonyl (C=O) groups is 2. The van der Waals surface area contributed by atoms with Crippen LogP contribution in [0.4, 0.5) is 0 Å². The van der Waals surface area contributed by atoms with Gasteiger partial charge >= 0.3 is 5.97 Å². The molecule has 4 nitrogen and oxygen atoms in total. The summed E-state index contributed by atoms with van der Waals surface area (Å²) in [6.07, 6.45) is -0.832. The molecule has 1 aromatic rings. The van der Waals surface area contributed by atoms with Crippen LogP contribution in [0, 0.1) is 5.92 Å². The molecule has 5 heteroatoms. The standard InChI is InChI=1S/C14H17BrO4/c1-9(2)12(16)7-14(18)19-8-13(17)10-3-5-11(15)6-4-10/h3-6,9,12,16H,7-8H2,1-2H3/t12-/m0/s1. The van der Waals surface area contributed by atoms with Gasteiger partial charge in [-0.3, -0.25) is 9.59 Å². The summed E-state index contributed by atoms with van der Waals surface area (Å²) < 4.78 is 5.73. The molecule has 1 aromatic carbocycles. The summed E-state index contributed by atoms with van der Waals surface area (Å²) in [7, 11) is 0. The van der Waals surface area contributed by atoms with Crippen molar-refractivity contribution in [2.75, 3.05) is 6.61 Å². The maximum Gasteiger partial charge on any atom is 0.308 e. The number of Topliss-reactive ketones (excluding diaryl/α,β-unsaturated/α-hetero) is 1. The Morgan fingerprint density at radius 2 is 1.84 bits per heavy atom. The normalized spacial score (nSPS) is 12.3. The molecule has 0 amide bonds. The first kappa shape index (κ1) is 15.9. The van der Waals surface area contributed by atoms with E-state index < -0.39 is 12.1 Å². The molecular formula is C14H17BrO4. The molecule has 1 N–H and O–H groups in total. The Kier molecular flexibility index (Phi) is 6.18. The van der Waals surface area contributed by atoms with Crippen molar-refractivity contribution in [3.05, 3.63) is 34.3 Å². The summed E-state index contributed by atoms with van der Waals surface area (Å²) in [5.74, 6) is -0.846. The number of ether oxygens (including phenoxy) is 1. The highest BCUT2D eigenvalue weighted by Crippen LogP contribution is 2.11. The lowest BCUT2D eigenvalue weighted by Crippen LogP contribution is -2.22. The van der Waals surface area contributed by atoms with Gasteiger partial charge in [0.2, 0.25) is 0 Å². The predicted molar refractivity (Wildman–Crippen MR) is 74.9 cm³/mol. The summed E-state index contributed by atoms with van der Waals surface area (Å²) in [5, 5.41) is 9.52. The average Bonchev–Trinajstić information content (AvgIpc) is 2.36. The minimum Gasteiger partial charge on any atom is -0.457 e. The number of aliphatic hydroxyl groups excluding tert-OH is 1. The molecule has 0 saturated carbocycles. The lowest BCUT2D eigenvalue weighted by Gasteiger charge is -2.13. The van der Waals surface area contributed by atoms with Crippen molar-refractivity contribution in [2.45, 2.75) is 26.4 Å². The lowest BCUT2D eigenvalue weighted by molar-refractivity contribution is -0.145. The quantitative estimate of drug-likeness (QED) is 0.644. The Morgan fingerprint density at radius 1 is 1.26 bits per heavy atom. The SMILES string of the molecule is CC(C)[C@@H](O)CC(=O)OCC(=O)c1ccc(Br)cc1. The number of aliphatic hydroxyl groups is 1. The van der Waals surface area contributed by atoms with Crippen molar-refractivity contribution in [2.24, 2.45) is 5.92 Å². The van der Waals surface area contributed by atoms with Crippen LogP contribution in [0.15, 0.2) is 28.7 Å². The lowest BCUT2D eigenvalue weighted by atomic mass is 10.0. The summed E-state index contributed by atoms with van der Waals surface area (Å²) in [4.78, 5) is 23.1. The third-order valence-electron chi connectivity index (χ3n) is 2.68. The van der Waals surface area contributed by atoms with Gasteiger partial charge < -0.3 is 9.84 Å². The van der Waals surface area contributed by atoms with Gasteiger partial charge in [0.15, 0.2) is 12.4 Å². The van der Waals surface area contributed by atoms with Crippen LogP contribution in [-0.2, 0) is 9.53 Å². The highest BCUT2D eigenvalue weighted by atomic mass is 79.9. The molecule has 19 heavy (non-hydrogen) atoms. The minimum atomic E-state index is -0.740. The second kappa shape index (κ2) is 7.40. The molecule has 1 rings (SSSR count). The molecule has 0 aliphatic rings. The zero-order chi connectivity index (χ0) is 14.4. The highest BCUT2D eigenvalue weighted by molar-refractivity contribution is 9.10. The summed E-state index contributed by atoms with van der Waals surface area (Å²) >= 11 is 3.27. The van der Waals surface area contributed by atoms with Crippen LogP contribution in [0.5, 0.6) is 0 Å². The third-order valence-corrected chi connectivity index (χ3v) is 3.20. The Balaban J connectivity index is 2.42. The Bertz CT molecular complexity index is 439. The van der Waals surface area contributed by atoms with E-state index in [1.807, 2.05) is 13.8 Å². The first-order valence-electron chi connectivity index (χ1n) is 6.02. The van der Waals surface area contributed by atoms with Crippen LogP contribution < -0.4 is 0 Å². The Morgan fingerprint density at radius 3 is 2.37 bits per heavy atom. The second-order valence-corrected chi connectivity index (χ2v) is 5.52. The van der Waals surface area contributed by atoms with Gasteiger partial charge in [0, 0.05) is 10.0 Å². The summed E-state index contributed by atoms with van der Waals surface area (Å²) in [6, 6.07) is 6.81. The Labute approximate surface area is 120 Å². The minimum absolute atomic E-state index is 0.0188. The summed E-state index contributed by atoms with van der Waals surface area (Å²) in [5.41, 5.74) is 0.486. The molecule has 0 unspecified atom stereocenters. The van der Waals surface area contributed by atoms with Gasteiger partial charge in [-0.05, 0) is 18.1 Å². The number of hydrogen-bond acceptors (Lipinski definition) is 4. The van der Waals surface area contributed by atoms with E-state index in [1.54, 1.807) is 24.3 Å². The fourth-order valence-corrected chi connectivity index (χ4v) is 1.59. The zero-order valence-corrected chi connectivity index (χ0v) is 12.5. The van der Waals surface area contributed by atoms with E-state index in [2.05, 4.69) is 15.9 Å². The van der Waals surface area contributed by atoms with E-state index in [9.17, 15) is 14.7 Å². The number of hydrogen-bond donors (Lipinski definition) is 1. The van der Waals surface area contributed by atoms with Gasteiger partial charge in [-0.15, -0.1) is 0 Å². The van der Waals surface area contributed by atoms with Crippen LogP contribution >= 0.6 is 15.9 Å². The number of benzene rings is 1. The van der Waals surface area contributed by atoms with Crippen LogP contribution in [0.25, 0.3) is 0 Å². The molecule has 0 aromatic heterocycles. The average molecular weight is 329 g/mol. The topological polar surface area (TPSA) is 63.6 Å². The van der Waals surface area contributed by atoms with E-state index in [0.29, 0.717) is 5.56 Å². The van der Waals surface area contributed by atoms with E-state index in [-0.39, 0.29) is 24.7 Å².